The molecule has 1 aromatic heterocycles. The number of sulfonamides is 1. The molecular weight excluding hydrogens is 435 g/mol. The van der Waals surface area contributed by atoms with Crippen LogP contribution >= 0.6 is 0 Å². The van der Waals surface area contributed by atoms with Crippen LogP contribution in [-0.2, 0) is 14.8 Å². The van der Waals surface area contributed by atoms with Gasteiger partial charge in [-0.2, -0.15) is 4.31 Å². The SMILES string of the molecule is CCN(CC)S(=O)(=O)c1cc(C(=O)OC(C)C(=O)c2c(C)[nH]c3ccccc23)ccc1F. The molecule has 0 spiro atoms. The van der Waals surface area contributed by atoms with Gasteiger partial charge in [0.15, 0.2) is 6.10 Å². The van der Waals surface area contributed by atoms with Crippen LogP contribution in [0.4, 0.5) is 4.39 Å². The fourth-order valence-electron chi connectivity index (χ4n) is 3.61. The third kappa shape index (κ3) is 4.31. The molecule has 0 amide bonds. The summed E-state index contributed by atoms with van der Waals surface area (Å²) in [6, 6.07) is 10.3. The molecule has 9 heteroatoms. The van der Waals surface area contributed by atoms with Crippen LogP contribution in [0.25, 0.3) is 10.9 Å². The number of benzene rings is 2. The molecule has 0 bridgehead atoms. The molecule has 0 saturated carbocycles. The Kier molecular flexibility index (Phi) is 6.80. The highest BCUT2D eigenvalue weighted by Crippen LogP contribution is 2.25. The molecule has 0 radical (unpaired) electrons. The summed E-state index contributed by atoms with van der Waals surface area (Å²) in [7, 11) is -4.12. The Bertz CT molecular complexity index is 1280. The first kappa shape index (κ1) is 23.6. The van der Waals surface area contributed by atoms with E-state index in [2.05, 4.69) is 4.98 Å². The topological polar surface area (TPSA) is 96.5 Å². The van der Waals surface area contributed by atoms with Gasteiger partial charge in [0.1, 0.15) is 10.7 Å². The van der Waals surface area contributed by atoms with E-state index < -0.39 is 38.6 Å². The van der Waals surface area contributed by atoms with Gasteiger partial charge in [0.05, 0.1) is 5.56 Å². The number of hydrogen-bond donors (Lipinski definition) is 1. The lowest BCUT2D eigenvalue weighted by atomic mass is 10.0. The van der Waals surface area contributed by atoms with E-state index in [0.29, 0.717) is 16.6 Å². The number of para-hydroxylation sites is 1. The number of carbonyl (C=O) groups excluding carboxylic acids is 2. The summed E-state index contributed by atoms with van der Waals surface area (Å²) in [6.07, 6.45) is -1.13. The van der Waals surface area contributed by atoms with Gasteiger partial charge in [-0.3, -0.25) is 4.79 Å². The van der Waals surface area contributed by atoms with Crippen molar-refractivity contribution < 1.29 is 27.1 Å². The van der Waals surface area contributed by atoms with Crippen LogP contribution in [-0.4, -0.2) is 48.7 Å². The van der Waals surface area contributed by atoms with E-state index in [0.717, 1.165) is 28.0 Å². The molecule has 3 aromatic rings. The predicted molar refractivity (Wildman–Crippen MR) is 119 cm³/mol. The summed E-state index contributed by atoms with van der Waals surface area (Å²) in [5.74, 6) is -2.28. The van der Waals surface area contributed by atoms with Crippen LogP contribution in [0, 0.1) is 12.7 Å². The first-order valence-corrected chi connectivity index (χ1v) is 11.7. The number of ketones is 1. The molecule has 1 unspecified atom stereocenters. The number of aromatic amines is 1. The molecule has 3 rings (SSSR count). The standard InChI is InChI=1S/C23H25FN2O5S/c1-5-26(6-2)32(29,30)20-13-16(11-12-18(20)24)23(28)31-15(4)22(27)21-14(3)25-19-10-8-7-9-17(19)21/h7-13,15,25H,5-6H2,1-4H3. The molecule has 32 heavy (non-hydrogen) atoms. The lowest BCUT2D eigenvalue weighted by Crippen LogP contribution is -2.31. The number of carbonyl (C=O) groups is 2. The van der Waals surface area contributed by atoms with Crippen molar-refractivity contribution in [2.75, 3.05) is 13.1 Å². The van der Waals surface area contributed by atoms with Gasteiger partial charge in [-0.15, -0.1) is 0 Å². The summed E-state index contributed by atoms with van der Waals surface area (Å²) < 4.78 is 46.1. The predicted octanol–water partition coefficient (Wildman–Crippen LogP) is 4.07. The van der Waals surface area contributed by atoms with E-state index in [1.165, 1.54) is 6.92 Å². The largest absolute Gasteiger partial charge is 0.451 e. The summed E-state index contributed by atoms with van der Waals surface area (Å²) in [6.45, 7) is 6.78. The first-order chi connectivity index (χ1) is 15.1. The number of aryl methyl sites for hydroxylation is 1. The summed E-state index contributed by atoms with van der Waals surface area (Å²) in [5.41, 5.74) is 1.70. The zero-order chi connectivity index (χ0) is 23.6. The van der Waals surface area contributed by atoms with Crippen molar-refractivity contribution in [1.82, 2.24) is 9.29 Å². The Morgan fingerprint density at radius 3 is 2.44 bits per heavy atom. The Morgan fingerprint density at radius 1 is 1.12 bits per heavy atom. The highest BCUT2D eigenvalue weighted by atomic mass is 32.2. The molecule has 7 nitrogen and oxygen atoms in total. The number of fused-ring (bicyclic) bond motifs is 1. The zero-order valence-corrected chi connectivity index (χ0v) is 19.1. The maximum atomic E-state index is 14.3. The van der Waals surface area contributed by atoms with Crippen molar-refractivity contribution in [1.29, 1.82) is 0 Å². The third-order valence-electron chi connectivity index (χ3n) is 5.28. The van der Waals surface area contributed by atoms with E-state index in [1.54, 1.807) is 32.9 Å². The third-order valence-corrected chi connectivity index (χ3v) is 7.35. The number of Topliss-reactive ketones (excluding diaryl/α,β-unsaturated/α-hetero) is 1. The maximum Gasteiger partial charge on any atom is 0.338 e. The van der Waals surface area contributed by atoms with Crippen molar-refractivity contribution in [3.8, 4) is 0 Å². The Labute approximate surface area is 186 Å². The van der Waals surface area contributed by atoms with Crippen molar-refractivity contribution >= 4 is 32.7 Å². The fraction of sp³-hybridized carbons (Fsp3) is 0.304. The van der Waals surface area contributed by atoms with E-state index >= 15 is 0 Å². The summed E-state index contributed by atoms with van der Waals surface area (Å²) >= 11 is 0. The molecule has 0 fully saturated rings. The van der Waals surface area contributed by atoms with Crippen LogP contribution in [0.2, 0.25) is 0 Å². The van der Waals surface area contributed by atoms with Gasteiger partial charge in [-0.25, -0.2) is 17.6 Å². The van der Waals surface area contributed by atoms with Gasteiger partial charge in [0, 0.05) is 35.2 Å². The van der Waals surface area contributed by atoms with Crippen molar-refractivity contribution in [2.24, 2.45) is 0 Å². The number of hydrogen-bond acceptors (Lipinski definition) is 5. The number of H-pyrrole nitrogens is 1. The Hall–Kier alpha value is -3.04. The minimum Gasteiger partial charge on any atom is -0.451 e. The number of nitrogens with one attached hydrogen (secondary N) is 1. The molecule has 0 aliphatic heterocycles. The number of aromatic nitrogens is 1. The molecule has 1 N–H and O–H groups in total. The normalized spacial score (nSPS) is 12.8. The average molecular weight is 461 g/mol. The van der Waals surface area contributed by atoms with Gasteiger partial charge in [0.2, 0.25) is 15.8 Å². The maximum absolute atomic E-state index is 14.3. The molecule has 0 aliphatic carbocycles. The van der Waals surface area contributed by atoms with Gasteiger partial charge in [-0.05, 0) is 38.1 Å². The van der Waals surface area contributed by atoms with Gasteiger partial charge >= 0.3 is 5.97 Å². The van der Waals surface area contributed by atoms with Crippen LogP contribution in [0.3, 0.4) is 0 Å². The fourth-order valence-corrected chi connectivity index (χ4v) is 5.16. The Morgan fingerprint density at radius 2 is 1.78 bits per heavy atom. The van der Waals surface area contributed by atoms with Gasteiger partial charge < -0.3 is 9.72 Å². The van der Waals surface area contributed by atoms with Crippen molar-refractivity contribution in [3.05, 3.63) is 65.1 Å². The van der Waals surface area contributed by atoms with Gasteiger partial charge in [0.25, 0.3) is 0 Å². The second kappa shape index (κ2) is 9.22. The minimum absolute atomic E-state index is 0.155. The van der Waals surface area contributed by atoms with Crippen molar-refractivity contribution in [2.45, 2.75) is 38.7 Å². The van der Waals surface area contributed by atoms with Crippen LogP contribution in [0.5, 0.6) is 0 Å². The zero-order valence-electron chi connectivity index (χ0n) is 18.3. The van der Waals surface area contributed by atoms with Crippen LogP contribution < -0.4 is 0 Å². The molecule has 0 saturated heterocycles. The number of nitrogens with zero attached hydrogens (tertiary/aromatic N) is 1. The molecule has 1 heterocycles. The molecular formula is C23H25FN2O5S. The second-order valence-corrected chi connectivity index (χ2v) is 9.22. The van der Waals surface area contributed by atoms with E-state index in [-0.39, 0.29) is 18.7 Å². The highest BCUT2D eigenvalue weighted by molar-refractivity contribution is 7.89. The summed E-state index contributed by atoms with van der Waals surface area (Å²) in [5, 5.41) is 0.715. The smallest absolute Gasteiger partial charge is 0.338 e. The summed E-state index contributed by atoms with van der Waals surface area (Å²) in [4.78, 5) is 28.2. The Balaban J connectivity index is 1.87. The second-order valence-electron chi connectivity index (χ2n) is 7.32. The quantitative estimate of drug-likeness (QED) is 0.404. The molecule has 2 aromatic carbocycles. The van der Waals surface area contributed by atoms with Crippen LogP contribution in [0.1, 0.15) is 47.2 Å². The molecule has 170 valence electrons. The number of ether oxygens (including phenoxy) is 1. The van der Waals surface area contributed by atoms with Crippen molar-refractivity contribution in [3.63, 3.8) is 0 Å². The lowest BCUT2D eigenvalue weighted by Gasteiger charge is -2.19. The van der Waals surface area contributed by atoms with Gasteiger partial charge in [-0.1, -0.05) is 32.0 Å². The number of rotatable bonds is 8. The minimum atomic E-state index is -4.12. The molecule has 1 atom stereocenters. The number of esters is 1. The lowest BCUT2D eigenvalue weighted by molar-refractivity contribution is 0.0318. The monoisotopic (exact) mass is 460 g/mol. The van der Waals surface area contributed by atoms with E-state index in [1.807, 2.05) is 12.1 Å². The molecule has 0 aliphatic rings. The highest BCUT2D eigenvalue weighted by Gasteiger charge is 2.28. The first-order valence-electron chi connectivity index (χ1n) is 10.2. The number of halogens is 1. The van der Waals surface area contributed by atoms with E-state index in [4.69, 9.17) is 4.74 Å². The van der Waals surface area contributed by atoms with Crippen LogP contribution in [0.15, 0.2) is 47.4 Å². The van der Waals surface area contributed by atoms with E-state index in [9.17, 15) is 22.4 Å². The average Bonchev–Trinajstić information content (AvgIpc) is 3.09.